The van der Waals surface area contributed by atoms with E-state index >= 15 is 0 Å². The summed E-state index contributed by atoms with van der Waals surface area (Å²) < 4.78 is 34.5. The molecule has 0 bridgehead atoms. The summed E-state index contributed by atoms with van der Waals surface area (Å²) in [5, 5.41) is 4.26. The zero-order valence-corrected chi connectivity index (χ0v) is 16.7. The van der Waals surface area contributed by atoms with Crippen LogP contribution in [0.1, 0.15) is 12.6 Å². The van der Waals surface area contributed by atoms with Gasteiger partial charge in [0.1, 0.15) is 15.8 Å². The standard InChI is InChI=1S/C17H23ClN4O3S/c1-4-25-15-8-6-5-7-14(15)21-9-11-22(12-10-21)26(23,24)16-13(2)19-20(3)17(16)18/h5-8H,4,9-12H2,1-3H3. The summed E-state index contributed by atoms with van der Waals surface area (Å²) in [7, 11) is -2.03. The van der Waals surface area contributed by atoms with Crippen molar-refractivity contribution in [2.75, 3.05) is 37.7 Å². The minimum absolute atomic E-state index is 0.102. The van der Waals surface area contributed by atoms with Crippen molar-refractivity contribution in [2.24, 2.45) is 7.05 Å². The molecule has 1 aliphatic rings. The van der Waals surface area contributed by atoms with Crippen LogP contribution in [-0.4, -0.2) is 55.3 Å². The van der Waals surface area contributed by atoms with Crippen LogP contribution in [-0.2, 0) is 17.1 Å². The number of rotatable bonds is 5. The molecule has 1 aliphatic heterocycles. The SMILES string of the molecule is CCOc1ccccc1N1CCN(S(=O)(=O)c2c(C)nn(C)c2Cl)CC1. The summed E-state index contributed by atoms with van der Waals surface area (Å²) in [6, 6.07) is 7.82. The molecule has 0 radical (unpaired) electrons. The van der Waals surface area contributed by atoms with Gasteiger partial charge in [-0.2, -0.15) is 9.40 Å². The Morgan fingerprint density at radius 1 is 1.19 bits per heavy atom. The molecular formula is C17H23ClN4O3S. The zero-order valence-electron chi connectivity index (χ0n) is 15.1. The Labute approximate surface area is 159 Å². The third-order valence-corrected chi connectivity index (χ3v) is 7.04. The molecule has 0 unspecified atom stereocenters. The van der Waals surface area contributed by atoms with E-state index in [1.807, 2.05) is 31.2 Å². The fraction of sp³-hybridized carbons (Fsp3) is 0.471. The topological polar surface area (TPSA) is 67.7 Å². The summed E-state index contributed by atoms with van der Waals surface area (Å²) in [4.78, 5) is 2.25. The third-order valence-electron chi connectivity index (χ3n) is 4.44. The number of aromatic nitrogens is 2. The van der Waals surface area contributed by atoms with E-state index in [0.29, 0.717) is 38.5 Å². The van der Waals surface area contributed by atoms with Crippen LogP contribution in [0.5, 0.6) is 5.75 Å². The lowest BCUT2D eigenvalue weighted by atomic mass is 10.2. The quantitative estimate of drug-likeness (QED) is 0.773. The number of piperazine rings is 1. The Balaban J connectivity index is 1.78. The predicted molar refractivity (Wildman–Crippen MR) is 102 cm³/mol. The second-order valence-corrected chi connectivity index (χ2v) is 8.35. The first kappa shape index (κ1) is 19.0. The highest BCUT2D eigenvalue weighted by molar-refractivity contribution is 7.89. The van der Waals surface area contributed by atoms with Crippen molar-refractivity contribution in [1.82, 2.24) is 14.1 Å². The highest BCUT2D eigenvalue weighted by Crippen LogP contribution is 2.31. The molecule has 3 rings (SSSR count). The molecule has 2 heterocycles. The van der Waals surface area contributed by atoms with Crippen molar-refractivity contribution < 1.29 is 13.2 Å². The normalized spacial score (nSPS) is 16.1. The first-order valence-corrected chi connectivity index (χ1v) is 10.3. The largest absolute Gasteiger partial charge is 0.492 e. The second kappa shape index (κ2) is 7.46. The smallest absolute Gasteiger partial charge is 0.248 e. The number of halogens is 1. The lowest BCUT2D eigenvalue weighted by Gasteiger charge is -2.36. The molecule has 26 heavy (non-hydrogen) atoms. The van der Waals surface area contributed by atoms with Crippen LogP contribution >= 0.6 is 11.6 Å². The summed E-state index contributed by atoms with van der Waals surface area (Å²) in [6.45, 7) is 6.13. The molecule has 0 N–H and O–H groups in total. The number of benzene rings is 1. The van der Waals surface area contributed by atoms with Crippen molar-refractivity contribution in [3.63, 3.8) is 0 Å². The first-order chi connectivity index (χ1) is 12.4. The number of hydrogen-bond donors (Lipinski definition) is 0. The average Bonchev–Trinajstić information content (AvgIpc) is 2.88. The van der Waals surface area contributed by atoms with E-state index in [-0.39, 0.29) is 10.0 Å². The number of ether oxygens (including phenoxy) is 1. The van der Waals surface area contributed by atoms with Gasteiger partial charge < -0.3 is 9.64 Å². The average molecular weight is 399 g/mol. The fourth-order valence-electron chi connectivity index (χ4n) is 3.20. The molecule has 0 saturated carbocycles. The van der Waals surface area contributed by atoms with Gasteiger partial charge in [0, 0.05) is 33.2 Å². The first-order valence-electron chi connectivity index (χ1n) is 8.52. The lowest BCUT2D eigenvalue weighted by Crippen LogP contribution is -2.48. The molecule has 7 nitrogen and oxygen atoms in total. The van der Waals surface area contributed by atoms with Crippen molar-refractivity contribution >= 4 is 27.3 Å². The Hall–Kier alpha value is -1.77. The van der Waals surface area contributed by atoms with E-state index < -0.39 is 10.0 Å². The van der Waals surface area contributed by atoms with E-state index in [9.17, 15) is 8.42 Å². The molecule has 142 valence electrons. The van der Waals surface area contributed by atoms with E-state index in [1.165, 1.54) is 8.99 Å². The Kier molecular flexibility index (Phi) is 5.45. The van der Waals surface area contributed by atoms with Crippen LogP contribution < -0.4 is 9.64 Å². The van der Waals surface area contributed by atoms with Crippen molar-refractivity contribution in [3.8, 4) is 5.75 Å². The molecular weight excluding hydrogens is 376 g/mol. The summed E-state index contributed by atoms with van der Waals surface area (Å²) in [5.74, 6) is 0.817. The highest BCUT2D eigenvalue weighted by atomic mass is 35.5. The number of sulfonamides is 1. The minimum Gasteiger partial charge on any atom is -0.492 e. The maximum absolute atomic E-state index is 13.0. The molecule has 0 atom stereocenters. The monoisotopic (exact) mass is 398 g/mol. The Bertz CT molecular complexity index is 889. The molecule has 1 aromatic carbocycles. The van der Waals surface area contributed by atoms with Crippen LogP contribution in [0.15, 0.2) is 29.2 Å². The van der Waals surface area contributed by atoms with Crippen LogP contribution in [0, 0.1) is 6.92 Å². The Morgan fingerprint density at radius 3 is 2.42 bits per heavy atom. The maximum atomic E-state index is 13.0. The number of hydrogen-bond acceptors (Lipinski definition) is 5. The van der Waals surface area contributed by atoms with Gasteiger partial charge in [-0.15, -0.1) is 0 Å². The van der Waals surface area contributed by atoms with Gasteiger partial charge in [0.25, 0.3) is 0 Å². The van der Waals surface area contributed by atoms with Crippen molar-refractivity contribution in [3.05, 3.63) is 35.1 Å². The van der Waals surface area contributed by atoms with E-state index in [0.717, 1.165) is 11.4 Å². The van der Waals surface area contributed by atoms with Crippen molar-refractivity contribution in [1.29, 1.82) is 0 Å². The number of nitrogens with zero attached hydrogens (tertiary/aromatic N) is 4. The highest BCUT2D eigenvalue weighted by Gasteiger charge is 2.34. The lowest BCUT2D eigenvalue weighted by molar-refractivity contribution is 0.337. The van der Waals surface area contributed by atoms with E-state index in [1.54, 1.807) is 14.0 Å². The van der Waals surface area contributed by atoms with E-state index in [4.69, 9.17) is 16.3 Å². The molecule has 1 saturated heterocycles. The summed E-state index contributed by atoms with van der Waals surface area (Å²) in [6.07, 6.45) is 0. The van der Waals surface area contributed by atoms with E-state index in [2.05, 4.69) is 10.00 Å². The fourth-order valence-corrected chi connectivity index (χ4v) is 5.33. The van der Waals surface area contributed by atoms with Gasteiger partial charge in [-0.25, -0.2) is 8.42 Å². The molecule has 2 aromatic rings. The molecule has 0 aliphatic carbocycles. The maximum Gasteiger partial charge on any atom is 0.248 e. The molecule has 1 fully saturated rings. The number of anilines is 1. The van der Waals surface area contributed by atoms with Gasteiger partial charge >= 0.3 is 0 Å². The molecule has 0 amide bonds. The van der Waals surface area contributed by atoms with Gasteiger partial charge in [-0.1, -0.05) is 23.7 Å². The summed E-state index contributed by atoms with van der Waals surface area (Å²) >= 11 is 6.17. The Morgan fingerprint density at radius 2 is 1.85 bits per heavy atom. The van der Waals surface area contributed by atoms with Gasteiger partial charge in [-0.05, 0) is 26.0 Å². The number of aryl methyl sites for hydroxylation is 2. The minimum atomic E-state index is -3.67. The molecule has 9 heteroatoms. The second-order valence-electron chi connectivity index (χ2n) is 6.12. The number of para-hydroxylation sites is 2. The van der Waals surface area contributed by atoms with Gasteiger partial charge in [0.05, 0.1) is 18.0 Å². The van der Waals surface area contributed by atoms with Gasteiger partial charge in [0.15, 0.2) is 0 Å². The molecule has 0 spiro atoms. The van der Waals surface area contributed by atoms with Crippen LogP contribution in [0.2, 0.25) is 5.15 Å². The van der Waals surface area contributed by atoms with Gasteiger partial charge in [-0.3, -0.25) is 4.68 Å². The predicted octanol–water partition coefficient (Wildman–Crippen LogP) is 2.29. The molecule has 1 aromatic heterocycles. The van der Waals surface area contributed by atoms with Crippen LogP contribution in [0.3, 0.4) is 0 Å². The third kappa shape index (κ3) is 3.41. The van der Waals surface area contributed by atoms with Crippen LogP contribution in [0.25, 0.3) is 0 Å². The van der Waals surface area contributed by atoms with Crippen LogP contribution in [0.4, 0.5) is 5.69 Å². The zero-order chi connectivity index (χ0) is 18.9. The van der Waals surface area contributed by atoms with Crippen molar-refractivity contribution in [2.45, 2.75) is 18.7 Å². The van der Waals surface area contributed by atoms with Gasteiger partial charge in [0.2, 0.25) is 10.0 Å². The summed E-state index contributed by atoms with van der Waals surface area (Å²) in [5.41, 5.74) is 1.41.